The molecule has 0 rings (SSSR count). The summed E-state index contributed by atoms with van der Waals surface area (Å²) in [7, 11) is 0. The number of unbranched alkanes of at least 4 members (excludes halogenated alkanes) is 4. The summed E-state index contributed by atoms with van der Waals surface area (Å²) in [6, 6.07) is 0. The molecule has 0 aliphatic heterocycles. The van der Waals surface area contributed by atoms with Crippen LogP contribution in [0.4, 0.5) is 0 Å². The topological polar surface area (TPSA) is 58.6 Å². The smallest absolute Gasteiger partial charge is 0.209 e. The third kappa shape index (κ3) is 7.33. The Morgan fingerprint density at radius 1 is 1.33 bits per heavy atom. The van der Waals surface area contributed by atoms with Crippen molar-refractivity contribution in [2.75, 3.05) is 0 Å². The average molecular weight is 217 g/mol. The monoisotopic (exact) mass is 217 g/mol. The van der Waals surface area contributed by atoms with Crippen LogP contribution in [0.15, 0.2) is 0 Å². The van der Waals surface area contributed by atoms with E-state index in [1.165, 1.54) is 25.7 Å². The highest BCUT2D eigenvalue weighted by Crippen LogP contribution is 2.14. The van der Waals surface area contributed by atoms with Crippen molar-refractivity contribution in [1.29, 1.82) is 0 Å². The third-order valence-electron chi connectivity index (χ3n) is 2.63. The van der Waals surface area contributed by atoms with Gasteiger partial charge in [0.1, 0.15) is 0 Å². The van der Waals surface area contributed by atoms with Crippen LogP contribution >= 0.6 is 0 Å². The molecule has 0 aliphatic rings. The van der Waals surface area contributed by atoms with Crippen LogP contribution in [0.3, 0.4) is 0 Å². The fourth-order valence-corrected chi connectivity index (χ4v) is 1.59. The summed E-state index contributed by atoms with van der Waals surface area (Å²) >= 11 is 0. The van der Waals surface area contributed by atoms with Crippen LogP contribution in [0.1, 0.15) is 52.4 Å². The molecule has 0 bridgehead atoms. The number of hydrogen-bond acceptors (Lipinski definition) is 3. The zero-order valence-electron chi connectivity index (χ0n) is 9.74. The first-order chi connectivity index (χ1) is 7.26. The maximum Gasteiger partial charge on any atom is 0.209 e. The molecule has 0 aliphatic carbocycles. The zero-order chi connectivity index (χ0) is 11.5. The molecule has 0 fully saturated rings. The largest absolute Gasteiger partial charge is 0.331 e. The highest BCUT2D eigenvalue weighted by Gasteiger charge is 2.16. The molecule has 4 nitrogen and oxygen atoms in total. The van der Waals surface area contributed by atoms with E-state index >= 15 is 0 Å². The van der Waals surface area contributed by atoms with Crippen LogP contribution in [-0.4, -0.2) is 17.9 Å². The van der Waals surface area contributed by atoms with E-state index in [1.54, 1.807) is 0 Å². The van der Waals surface area contributed by atoms with Crippen LogP contribution in [0.5, 0.6) is 0 Å². The van der Waals surface area contributed by atoms with Crippen molar-refractivity contribution in [3.05, 3.63) is 0 Å². The fourth-order valence-electron chi connectivity index (χ4n) is 1.59. The molecule has 0 spiro atoms. The molecule has 2 unspecified atom stereocenters. The minimum Gasteiger partial charge on any atom is -0.331 e. The van der Waals surface area contributed by atoms with Gasteiger partial charge < -0.3 is 5.32 Å². The van der Waals surface area contributed by atoms with Gasteiger partial charge in [0.2, 0.25) is 6.41 Å². The zero-order valence-corrected chi connectivity index (χ0v) is 9.74. The van der Waals surface area contributed by atoms with E-state index in [2.05, 4.69) is 17.1 Å². The molecule has 4 heteroatoms. The molecule has 0 aromatic carbocycles. The van der Waals surface area contributed by atoms with Crippen LogP contribution in [-0.2, 0) is 9.68 Å². The van der Waals surface area contributed by atoms with Crippen molar-refractivity contribution < 1.29 is 14.9 Å². The van der Waals surface area contributed by atoms with Crippen molar-refractivity contribution in [3.63, 3.8) is 0 Å². The Bertz CT molecular complexity index is 153. The van der Waals surface area contributed by atoms with Crippen molar-refractivity contribution in [2.24, 2.45) is 5.92 Å². The average Bonchev–Trinajstić information content (AvgIpc) is 2.25. The second kappa shape index (κ2) is 9.93. The van der Waals surface area contributed by atoms with E-state index in [0.717, 1.165) is 12.8 Å². The Kier molecular flexibility index (Phi) is 9.52. The number of carbonyl (C=O) groups excluding carboxylic acids is 1. The predicted octanol–water partition coefficient (Wildman–Crippen LogP) is 2.54. The molecule has 0 saturated carbocycles. The Balaban J connectivity index is 3.52. The highest BCUT2D eigenvalue weighted by atomic mass is 17.1. The van der Waals surface area contributed by atoms with Crippen LogP contribution < -0.4 is 5.32 Å². The summed E-state index contributed by atoms with van der Waals surface area (Å²) in [6.07, 6.45) is 7.03. The molecule has 90 valence electrons. The van der Waals surface area contributed by atoms with E-state index in [9.17, 15) is 4.79 Å². The first-order valence-corrected chi connectivity index (χ1v) is 5.76. The van der Waals surface area contributed by atoms with E-state index in [0.29, 0.717) is 6.41 Å². The van der Waals surface area contributed by atoms with Crippen molar-refractivity contribution in [2.45, 2.75) is 58.6 Å². The standard InChI is InChI=1S/C11H23NO3/c1-3-4-5-6-7-8-10(2)11(15-14)12-9-13/h9-11,14H,3-8H2,1-2H3,(H,12,13). The summed E-state index contributed by atoms with van der Waals surface area (Å²) in [4.78, 5) is 14.4. The Labute approximate surface area is 91.9 Å². The summed E-state index contributed by atoms with van der Waals surface area (Å²) in [6.45, 7) is 4.14. The molecular formula is C11H23NO3. The maximum atomic E-state index is 10.2. The number of amides is 1. The van der Waals surface area contributed by atoms with Gasteiger partial charge in [-0.25, -0.2) is 10.1 Å². The summed E-state index contributed by atoms with van der Waals surface area (Å²) < 4.78 is 0. The lowest BCUT2D eigenvalue weighted by Gasteiger charge is -2.19. The van der Waals surface area contributed by atoms with Gasteiger partial charge in [-0.05, 0) is 6.42 Å². The van der Waals surface area contributed by atoms with Crippen molar-refractivity contribution in [3.8, 4) is 0 Å². The summed E-state index contributed by atoms with van der Waals surface area (Å²) in [5.41, 5.74) is 0. The Hall–Kier alpha value is -0.610. The van der Waals surface area contributed by atoms with E-state index in [1.807, 2.05) is 6.92 Å². The summed E-state index contributed by atoms with van der Waals surface area (Å²) in [5, 5.41) is 11.0. The van der Waals surface area contributed by atoms with Gasteiger partial charge in [-0.15, -0.1) is 0 Å². The normalized spacial score (nSPS) is 14.6. The lowest BCUT2D eigenvalue weighted by atomic mass is 10.0. The molecule has 0 aromatic rings. The fraction of sp³-hybridized carbons (Fsp3) is 0.909. The van der Waals surface area contributed by atoms with Gasteiger partial charge in [0.15, 0.2) is 6.23 Å². The highest BCUT2D eigenvalue weighted by molar-refractivity contribution is 5.46. The lowest BCUT2D eigenvalue weighted by Crippen LogP contribution is -2.35. The lowest BCUT2D eigenvalue weighted by molar-refractivity contribution is -0.294. The predicted molar refractivity (Wildman–Crippen MR) is 59.2 cm³/mol. The minimum atomic E-state index is -0.575. The van der Waals surface area contributed by atoms with Gasteiger partial charge in [-0.1, -0.05) is 46.0 Å². The van der Waals surface area contributed by atoms with Gasteiger partial charge in [0.05, 0.1) is 0 Å². The summed E-state index contributed by atoms with van der Waals surface area (Å²) in [5.74, 6) is 0.141. The van der Waals surface area contributed by atoms with E-state index in [-0.39, 0.29) is 5.92 Å². The SMILES string of the molecule is CCCCCCCC(C)C(NC=O)OO. The van der Waals surface area contributed by atoms with Gasteiger partial charge in [0, 0.05) is 5.92 Å². The molecule has 2 N–H and O–H groups in total. The van der Waals surface area contributed by atoms with E-state index < -0.39 is 6.23 Å². The maximum absolute atomic E-state index is 10.2. The third-order valence-corrected chi connectivity index (χ3v) is 2.63. The van der Waals surface area contributed by atoms with E-state index in [4.69, 9.17) is 5.26 Å². The van der Waals surface area contributed by atoms with Gasteiger partial charge in [0.25, 0.3) is 0 Å². The Morgan fingerprint density at radius 2 is 2.00 bits per heavy atom. The molecule has 0 heterocycles. The van der Waals surface area contributed by atoms with Crippen LogP contribution in [0.25, 0.3) is 0 Å². The molecular weight excluding hydrogens is 194 g/mol. The first-order valence-electron chi connectivity index (χ1n) is 5.76. The molecule has 0 saturated heterocycles. The van der Waals surface area contributed by atoms with Crippen LogP contribution in [0.2, 0.25) is 0 Å². The first kappa shape index (κ1) is 14.4. The number of hydrogen-bond donors (Lipinski definition) is 2. The molecule has 0 aromatic heterocycles. The molecule has 0 radical (unpaired) electrons. The van der Waals surface area contributed by atoms with Crippen molar-refractivity contribution >= 4 is 6.41 Å². The van der Waals surface area contributed by atoms with Crippen LogP contribution in [0, 0.1) is 5.92 Å². The number of rotatable bonds is 10. The van der Waals surface area contributed by atoms with Gasteiger partial charge in [-0.3, -0.25) is 4.79 Å². The van der Waals surface area contributed by atoms with Gasteiger partial charge >= 0.3 is 0 Å². The number of carbonyl (C=O) groups is 1. The minimum absolute atomic E-state index is 0.141. The second-order valence-electron chi connectivity index (χ2n) is 3.99. The van der Waals surface area contributed by atoms with Crippen molar-refractivity contribution in [1.82, 2.24) is 5.32 Å². The molecule has 15 heavy (non-hydrogen) atoms. The molecule has 1 amide bonds. The molecule has 2 atom stereocenters. The second-order valence-corrected chi connectivity index (χ2v) is 3.99. The van der Waals surface area contributed by atoms with Gasteiger partial charge in [-0.2, -0.15) is 0 Å². The Morgan fingerprint density at radius 3 is 2.53 bits per heavy atom. The quantitative estimate of drug-likeness (QED) is 0.194. The number of nitrogens with one attached hydrogen (secondary N) is 1.